The van der Waals surface area contributed by atoms with Gasteiger partial charge < -0.3 is 10.0 Å². The van der Waals surface area contributed by atoms with Crippen LogP contribution in [0, 0.1) is 5.92 Å². The van der Waals surface area contributed by atoms with Gasteiger partial charge in [-0.3, -0.25) is 0 Å². The molecule has 17 heavy (non-hydrogen) atoms. The van der Waals surface area contributed by atoms with Crippen molar-refractivity contribution in [3.05, 3.63) is 16.5 Å². The van der Waals surface area contributed by atoms with Crippen LogP contribution >= 0.6 is 23.2 Å². The maximum atomic E-state index is 9.51. The van der Waals surface area contributed by atoms with Gasteiger partial charge in [0.1, 0.15) is 11.0 Å². The summed E-state index contributed by atoms with van der Waals surface area (Å²) in [5.41, 5.74) is 0. The first-order valence-electron chi connectivity index (χ1n) is 5.78. The molecule has 0 radical (unpaired) electrons. The fraction of sp³-hybridized carbons (Fsp3) is 0.636. The van der Waals surface area contributed by atoms with Crippen LogP contribution < -0.4 is 4.90 Å². The van der Waals surface area contributed by atoms with Gasteiger partial charge in [-0.25, -0.2) is 9.97 Å². The highest BCUT2D eigenvalue weighted by Gasteiger charge is 2.46. The van der Waals surface area contributed by atoms with Crippen LogP contribution in [-0.2, 0) is 0 Å². The Labute approximate surface area is 110 Å². The number of rotatable bonds is 2. The van der Waals surface area contributed by atoms with E-state index in [9.17, 15) is 5.11 Å². The molecule has 3 rings (SSSR count). The average molecular weight is 274 g/mol. The molecule has 2 bridgehead atoms. The minimum Gasteiger partial charge on any atom is -0.394 e. The number of piperidine rings is 1. The number of nitrogens with zero attached hydrogens (tertiary/aromatic N) is 3. The van der Waals surface area contributed by atoms with Gasteiger partial charge in [0, 0.05) is 12.1 Å². The van der Waals surface area contributed by atoms with Gasteiger partial charge in [0.2, 0.25) is 5.28 Å². The first-order valence-corrected chi connectivity index (χ1v) is 6.54. The van der Waals surface area contributed by atoms with Gasteiger partial charge in [-0.15, -0.1) is 0 Å². The van der Waals surface area contributed by atoms with Crippen molar-refractivity contribution in [2.24, 2.45) is 5.92 Å². The first kappa shape index (κ1) is 11.5. The van der Waals surface area contributed by atoms with E-state index in [1.54, 1.807) is 6.07 Å². The molecule has 2 heterocycles. The van der Waals surface area contributed by atoms with Gasteiger partial charge in [-0.1, -0.05) is 11.6 Å². The van der Waals surface area contributed by atoms with Crippen LogP contribution in [-0.4, -0.2) is 33.8 Å². The highest BCUT2D eigenvalue weighted by Crippen LogP contribution is 2.44. The summed E-state index contributed by atoms with van der Waals surface area (Å²) in [5, 5.41) is 10.0. The molecule has 3 atom stereocenters. The summed E-state index contributed by atoms with van der Waals surface area (Å²) >= 11 is 11.7. The maximum Gasteiger partial charge on any atom is 0.225 e. The van der Waals surface area contributed by atoms with E-state index in [0.29, 0.717) is 17.1 Å². The molecule has 1 N–H and O–H groups in total. The molecular formula is C11H13Cl2N3O. The molecule has 0 spiro atoms. The fourth-order valence-electron chi connectivity index (χ4n) is 3.20. The molecule has 1 saturated carbocycles. The van der Waals surface area contributed by atoms with E-state index in [-0.39, 0.29) is 17.9 Å². The highest BCUT2D eigenvalue weighted by molar-refractivity contribution is 6.32. The summed E-state index contributed by atoms with van der Waals surface area (Å²) in [6.07, 6.45) is 3.48. The van der Waals surface area contributed by atoms with Crippen molar-refractivity contribution in [1.29, 1.82) is 0 Å². The van der Waals surface area contributed by atoms with Gasteiger partial charge in [0.25, 0.3) is 0 Å². The molecule has 92 valence electrons. The molecule has 2 fully saturated rings. The Bertz CT molecular complexity index is 422. The lowest BCUT2D eigenvalue weighted by Crippen LogP contribution is -2.43. The van der Waals surface area contributed by atoms with Gasteiger partial charge in [-0.2, -0.15) is 0 Å². The van der Waals surface area contributed by atoms with Crippen LogP contribution in [0.15, 0.2) is 6.07 Å². The topological polar surface area (TPSA) is 49.2 Å². The van der Waals surface area contributed by atoms with E-state index in [1.165, 1.54) is 6.42 Å². The minimum absolute atomic E-state index is 0.149. The van der Waals surface area contributed by atoms with Crippen molar-refractivity contribution in [2.75, 3.05) is 11.5 Å². The first-order chi connectivity index (χ1) is 8.19. The Morgan fingerprint density at radius 3 is 2.88 bits per heavy atom. The second-order valence-electron chi connectivity index (χ2n) is 4.70. The van der Waals surface area contributed by atoms with Crippen LogP contribution in [0.5, 0.6) is 0 Å². The fourth-order valence-corrected chi connectivity index (χ4v) is 3.60. The number of hydrogen-bond acceptors (Lipinski definition) is 4. The van der Waals surface area contributed by atoms with E-state index in [2.05, 4.69) is 14.9 Å². The quantitative estimate of drug-likeness (QED) is 0.663. The Kier molecular flexibility index (Phi) is 2.89. The highest BCUT2D eigenvalue weighted by atomic mass is 35.5. The maximum absolute atomic E-state index is 9.51. The zero-order valence-electron chi connectivity index (χ0n) is 9.18. The molecule has 4 nitrogen and oxygen atoms in total. The summed E-state index contributed by atoms with van der Waals surface area (Å²) < 4.78 is 0. The molecule has 3 unspecified atom stereocenters. The second-order valence-corrected chi connectivity index (χ2v) is 5.43. The van der Waals surface area contributed by atoms with Crippen molar-refractivity contribution >= 4 is 29.0 Å². The standard InChI is InChI=1S/C11H13Cl2N3O/c12-9-4-10(15-11(13)14-9)16-7-2-1-6(3-7)8(16)5-17/h4,6-8,17H,1-3,5H2. The van der Waals surface area contributed by atoms with E-state index in [4.69, 9.17) is 23.2 Å². The number of aromatic nitrogens is 2. The van der Waals surface area contributed by atoms with Crippen LogP contribution in [0.4, 0.5) is 5.82 Å². The number of halogens is 2. The monoisotopic (exact) mass is 273 g/mol. The van der Waals surface area contributed by atoms with Crippen LogP contribution in [0.3, 0.4) is 0 Å². The Hall–Kier alpha value is -0.580. The molecule has 0 aromatic carbocycles. The van der Waals surface area contributed by atoms with Gasteiger partial charge in [0.05, 0.1) is 12.6 Å². The number of aliphatic hydroxyl groups is 1. The molecular weight excluding hydrogens is 261 g/mol. The molecule has 1 aliphatic carbocycles. The van der Waals surface area contributed by atoms with Crippen LogP contribution in [0.25, 0.3) is 0 Å². The third-order valence-corrected chi connectivity index (χ3v) is 4.21. The van der Waals surface area contributed by atoms with E-state index >= 15 is 0 Å². The lowest BCUT2D eigenvalue weighted by Gasteiger charge is -2.35. The summed E-state index contributed by atoms with van der Waals surface area (Å²) in [5.74, 6) is 1.30. The molecule has 1 aliphatic heterocycles. The number of aliphatic hydroxyl groups excluding tert-OH is 1. The predicted molar refractivity (Wildman–Crippen MR) is 66.5 cm³/mol. The van der Waals surface area contributed by atoms with Crippen molar-refractivity contribution < 1.29 is 5.11 Å². The van der Waals surface area contributed by atoms with E-state index in [1.807, 2.05) is 0 Å². The van der Waals surface area contributed by atoms with E-state index in [0.717, 1.165) is 18.7 Å². The molecule has 1 saturated heterocycles. The smallest absolute Gasteiger partial charge is 0.225 e. The Balaban J connectivity index is 1.97. The van der Waals surface area contributed by atoms with Crippen LogP contribution in [0.1, 0.15) is 19.3 Å². The lowest BCUT2D eigenvalue weighted by atomic mass is 9.99. The zero-order chi connectivity index (χ0) is 12.0. The number of fused-ring (bicyclic) bond motifs is 2. The van der Waals surface area contributed by atoms with Gasteiger partial charge in [-0.05, 0) is 36.8 Å². The van der Waals surface area contributed by atoms with Crippen molar-refractivity contribution in [1.82, 2.24) is 9.97 Å². The molecule has 1 aromatic rings. The normalized spacial score (nSPS) is 31.2. The average Bonchev–Trinajstić information content (AvgIpc) is 2.86. The summed E-state index contributed by atoms with van der Waals surface area (Å²) in [4.78, 5) is 10.2. The minimum atomic E-state index is 0.149. The summed E-state index contributed by atoms with van der Waals surface area (Å²) in [6.45, 7) is 0.153. The molecule has 6 heteroatoms. The largest absolute Gasteiger partial charge is 0.394 e. The SMILES string of the molecule is OCC1C2CCC(C2)N1c1cc(Cl)nc(Cl)n1. The number of hydrogen-bond donors (Lipinski definition) is 1. The van der Waals surface area contributed by atoms with Crippen molar-refractivity contribution in [3.63, 3.8) is 0 Å². The molecule has 2 aliphatic rings. The molecule has 1 aromatic heterocycles. The lowest BCUT2D eigenvalue weighted by molar-refractivity contribution is 0.228. The predicted octanol–water partition coefficient (Wildman–Crippen LogP) is 2.13. The van der Waals surface area contributed by atoms with Gasteiger partial charge in [0.15, 0.2) is 0 Å². The van der Waals surface area contributed by atoms with Crippen molar-refractivity contribution in [3.8, 4) is 0 Å². The molecule has 0 amide bonds. The van der Waals surface area contributed by atoms with E-state index < -0.39 is 0 Å². The summed E-state index contributed by atoms with van der Waals surface area (Å²) in [6, 6.07) is 2.33. The Morgan fingerprint density at radius 1 is 1.35 bits per heavy atom. The number of anilines is 1. The second kappa shape index (κ2) is 4.26. The van der Waals surface area contributed by atoms with Crippen molar-refractivity contribution in [2.45, 2.75) is 31.3 Å². The summed E-state index contributed by atoms with van der Waals surface area (Å²) in [7, 11) is 0. The third kappa shape index (κ3) is 1.88. The Morgan fingerprint density at radius 2 is 2.18 bits per heavy atom. The van der Waals surface area contributed by atoms with Crippen LogP contribution in [0.2, 0.25) is 10.4 Å². The van der Waals surface area contributed by atoms with Gasteiger partial charge >= 0.3 is 0 Å². The third-order valence-electron chi connectivity index (χ3n) is 3.85. The zero-order valence-corrected chi connectivity index (χ0v) is 10.7.